The number of thiazole rings is 1. The summed E-state index contributed by atoms with van der Waals surface area (Å²) < 4.78 is 3.47. The second kappa shape index (κ2) is 5.83. The third kappa shape index (κ3) is 2.77. The highest BCUT2D eigenvalue weighted by atomic mass is 32.2. The molecule has 3 aromatic rings. The predicted molar refractivity (Wildman–Crippen MR) is 79.6 cm³/mol. The summed E-state index contributed by atoms with van der Waals surface area (Å²) in [6.45, 7) is 0. The van der Waals surface area contributed by atoms with Gasteiger partial charge >= 0.3 is 0 Å². The molecular formula is C15H13N2O2S2+. The molecule has 0 aromatic carbocycles. The highest BCUT2D eigenvalue weighted by Gasteiger charge is 2.20. The summed E-state index contributed by atoms with van der Waals surface area (Å²) in [6, 6.07) is 11.3. The summed E-state index contributed by atoms with van der Waals surface area (Å²) in [7, 11) is 1.93. The molecule has 0 amide bonds. The lowest BCUT2D eigenvalue weighted by Gasteiger charge is -2.00. The molecule has 0 saturated heterocycles. The highest BCUT2D eigenvalue weighted by molar-refractivity contribution is 7.99. The molecule has 3 aromatic heterocycles. The SMILES string of the molecule is C[n+]1ccccc1SCC(=O)c1sc2cccc[n+]2c1[O-]. The molecule has 3 heterocycles. The van der Waals surface area contributed by atoms with Crippen LogP contribution in [0, 0.1) is 0 Å². The smallest absolute Gasteiger partial charge is 0.267 e. The summed E-state index contributed by atoms with van der Waals surface area (Å²) in [4.78, 5) is 13.4. The number of ketones is 1. The first-order chi connectivity index (χ1) is 10.2. The minimum absolute atomic E-state index is 0.123. The van der Waals surface area contributed by atoms with Gasteiger partial charge in [0.15, 0.2) is 24.1 Å². The third-order valence-electron chi connectivity index (χ3n) is 3.05. The second-order valence-electron chi connectivity index (χ2n) is 4.51. The van der Waals surface area contributed by atoms with Crippen molar-refractivity contribution < 1.29 is 18.9 Å². The average molecular weight is 317 g/mol. The van der Waals surface area contributed by atoms with E-state index < -0.39 is 0 Å². The molecule has 4 nitrogen and oxygen atoms in total. The van der Waals surface area contributed by atoms with Crippen LogP contribution in [0.15, 0.2) is 53.8 Å². The van der Waals surface area contributed by atoms with Crippen LogP contribution in [0.4, 0.5) is 0 Å². The van der Waals surface area contributed by atoms with Crippen molar-refractivity contribution in [3.05, 3.63) is 53.7 Å². The number of aryl methyl sites for hydroxylation is 1. The summed E-state index contributed by atoms with van der Waals surface area (Å²) in [5, 5.41) is 13.2. The first-order valence-corrected chi connectivity index (χ1v) is 8.18. The van der Waals surface area contributed by atoms with E-state index in [1.807, 2.05) is 48.1 Å². The van der Waals surface area contributed by atoms with E-state index >= 15 is 0 Å². The summed E-state index contributed by atoms with van der Waals surface area (Å²) in [5.41, 5.74) is 0. The van der Waals surface area contributed by atoms with Crippen molar-refractivity contribution >= 4 is 33.7 Å². The zero-order valence-corrected chi connectivity index (χ0v) is 13.0. The van der Waals surface area contributed by atoms with Crippen LogP contribution in [0.25, 0.3) is 4.83 Å². The number of pyridine rings is 2. The Kier molecular flexibility index (Phi) is 3.90. The Bertz CT molecular complexity index is 814. The summed E-state index contributed by atoms with van der Waals surface area (Å²) >= 11 is 2.69. The monoisotopic (exact) mass is 317 g/mol. The molecule has 0 N–H and O–H groups in total. The van der Waals surface area contributed by atoms with Crippen molar-refractivity contribution in [3.63, 3.8) is 0 Å². The van der Waals surface area contributed by atoms with Crippen LogP contribution in [0.5, 0.6) is 5.88 Å². The van der Waals surface area contributed by atoms with E-state index in [4.69, 9.17) is 0 Å². The summed E-state index contributed by atoms with van der Waals surface area (Å²) in [6.07, 6.45) is 3.62. The van der Waals surface area contributed by atoms with Crippen LogP contribution < -0.4 is 14.1 Å². The van der Waals surface area contributed by atoms with E-state index in [-0.39, 0.29) is 17.4 Å². The first kappa shape index (κ1) is 14.0. The minimum Gasteiger partial charge on any atom is -0.822 e. The van der Waals surface area contributed by atoms with Crippen molar-refractivity contribution in [2.75, 3.05) is 5.75 Å². The van der Waals surface area contributed by atoms with Crippen LogP contribution in [-0.2, 0) is 7.05 Å². The maximum Gasteiger partial charge on any atom is 0.267 e. The lowest BCUT2D eigenvalue weighted by molar-refractivity contribution is -0.708. The minimum atomic E-state index is -0.223. The molecular weight excluding hydrogens is 304 g/mol. The van der Waals surface area contributed by atoms with Gasteiger partial charge in [-0.25, -0.2) is 0 Å². The van der Waals surface area contributed by atoms with Gasteiger partial charge in [-0.2, -0.15) is 8.97 Å². The number of carbonyl (C=O) groups is 1. The van der Waals surface area contributed by atoms with Gasteiger partial charge in [0.1, 0.15) is 11.9 Å². The normalized spacial score (nSPS) is 10.9. The van der Waals surface area contributed by atoms with Crippen molar-refractivity contribution in [3.8, 4) is 5.88 Å². The molecule has 0 aliphatic carbocycles. The number of rotatable bonds is 4. The van der Waals surface area contributed by atoms with Crippen LogP contribution >= 0.6 is 23.1 Å². The molecule has 6 heteroatoms. The molecule has 0 radical (unpaired) electrons. The zero-order chi connectivity index (χ0) is 14.8. The highest BCUT2D eigenvalue weighted by Crippen LogP contribution is 2.24. The Morgan fingerprint density at radius 1 is 1.24 bits per heavy atom. The molecule has 21 heavy (non-hydrogen) atoms. The molecule has 0 spiro atoms. The molecule has 0 fully saturated rings. The molecule has 0 unspecified atom stereocenters. The molecule has 0 aliphatic rings. The molecule has 106 valence electrons. The van der Waals surface area contributed by atoms with Crippen molar-refractivity contribution in [1.29, 1.82) is 0 Å². The van der Waals surface area contributed by atoms with E-state index in [0.717, 1.165) is 9.86 Å². The van der Waals surface area contributed by atoms with Crippen LogP contribution in [0.2, 0.25) is 0 Å². The van der Waals surface area contributed by atoms with E-state index in [1.54, 1.807) is 12.3 Å². The van der Waals surface area contributed by atoms with Crippen molar-refractivity contribution in [2.24, 2.45) is 7.05 Å². The summed E-state index contributed by atoms with van der Waals surface area (Å²) in [5.74, 6) is -0.0818. The fraction of sp³-hybridized carbons (Fsp3) is 0.133. The van der Waals surface area contributed by atoms with Crippen molar-refractivity contribution in [1.82, 2.24) is 0 Å². The number of thioether (sulfide) groups is 1. The molecule has 0 aliphatic heterocycles. The van der Waals surface area contributed by atoms with E-state index in [2.05, 4.69) is 0 Å². The Morgan fingerprint density at radius 3 is 2.76 bits per heavy atom. The van der Waals surface area contributed by atoms with Gasteiger partial charge in [-0.3, -0.25) is 4.79 Å². The topological polar surface area (TPSA) is 48.1 Å². The predicted octanol–water partition coefficient (Wildman–Crippen LogP) is 1.36. The van der Waals surface area contributed by atoms with Crippen LogP contribution in [-0.4, -0.2) is 11.5 Å². The molecule has 3 rings (SSSR count). The van der Waals surface area contributed by atoms with Crippen LogP contribution in [0.1, 0.15) is 9.67 Å². The number of hydrogen-bond acceptors (Lipinski definition) is 4. The maximum atomic E-state index is 12.3. The fourth-order valence-electron chi connectivity index (χ4n) is 1.97. The van der Waals surface area contributed by atoms with Gasteiger partial charge in [0.25, 0.3) is 4.83 Å². The molecule has 0 saturated carbocycles. The molecule has 0 bridgehead atoms. The quantitative estimate of drug-likeness (QED) is 0.415. The van der Waals surface area contributed by atoms with Gasteiger partial charge in [0.2, 0.25) is 5.03 Å². The number of aromatic nitrogens is 2. The number of hydrogen-bond donors (Lipinski definition) is 0. The zero-order valence-electron chi connectivity index (χ0n) is 11.4. The number of nitrogens with zero attached hydrogens (tertiary/aromatic N) is 2. The molecule has 0 atom stereocenters. The van der Waals surface area contributed by atoms with Gasteiger partial charge in [0.05, 0.1) is 5.75 Å². The number of Topliss-reactive ketones (excluding diaryl/α,β-unsaturated/α-hetero) is 1. The maximum absolute atomic E-state index is 12.3. The van der Waals surface area contributed by atoms with E-state index in [1.165, 1.54) is 27.5 Å². The van der Waals surface area contributed by atoms with Gasteiger partial charge in [-0.05, 0) is 23.9 Å². The lowest BCUT2D eigenvalue weighted by Crippen LogP contribution is -2.30. The Hall–Kier alpha value is -1.92. The Balaban J connectivity index is 1.81. The van der Waals surface area contributed by atoms with Crippen molar-refractivity contribution in [2.45, 2.75) is 5.03 Å². The second-order valence-corrected chi connectivity index (χ2v) is 6.53. The largest absolute Gasteiger partial charge is 0.822 e. The average Bonchev–Trinajstić information content (AvgIpc) is 2.84. The first-order valence-electron chi connectivity index (χ1n) is 6.37. The lowest BCUT2D eigenvalue weighted by atomic mass is 10.4. The van der Waals surface area contributed by atoms with Gasteiger partial charge in [-0.15, -0.1) is 0 Å². The third-order valence-corrected chi connectivity index (χ3v) is 5.33. The van der Waals surface area contributed by atoms with Gasteiger partial charge in [-0.1, -0.05) is 11.3 Å². The van der Waals surface area contributed by atoms with Crippen LogP contribution in [0.3, 0.4) is 0 Å². The van der Waals surface area contributed by atoms with E-state index in [0.29, 0.717) is 4.88 Å². The standard InChI is InChI=1S/C15H13N2O2S2/c1-16-8-4-2-6-12(16)20-10-11(18)14-15(19)17-9-5-3-7-13(17)21-14/h2-9H,10H2,1H3/q+1. The number of carbonyl (C=O) groups excluding carboxylic acids is 1. The van der Waals surface area contributed by atoms with E-state index in [9.17, 15) is 9.90 Å². The van der Waals surface area contributed by atoms with Gasteiger partial charge in [0, 0.05) is 24.3 Å². The number of fused-ring (bicyclic) bond motifs is 1. The Morgan fingerprint density at radius 2 is 2.00 bits per heavy atom. The fourth-order valence-corrected chi connectivity index (χ4v) is 3.90. The van der Waals surface area contributed by atoms with Gasteiger partial charge < -0.3 is 5.11 Å². The Labute approximate surface area is 130 Å².